The Morgan fingerprint density at radius 2 is 1.12 bits per heavy atom. The minimum Gasteiger partial charge on any atom is -0.494 e. The van der Waals surface area contributed by atoms with Gasteiger partial charge in [-0.05, 0) is 69.5 Å². The summed E-state index contributed by atoms with van der Waals surface area (Å²) in [4.78, 5) is 40.2. The number of nitrogens with one attached hydrogen (secondary N) is 1. The quantitative estimate of drug-likeness (QED) is 0.0537. The summed E-state index contributed by atoms with van der Waals surface area (Å²) in [5.74, 6) is -1.12. The number of carboxylic acid groups (broad SMARTS) is 1. The zero-order valence-corrected chi connectivity index (χ0v) is 34.9. The molecule has 0 radical (unpaired) electrons. The predicted octanol–water partition coefficient (Wildman–Crippen LogP) is 10.6. The summed E-state index contributed by atoms with van der Waals surface area (Å²) in [6.45, 7) is 7.66. The molecule has 9 heteroatoms. The van der Waals surface area contributed by atoms with E-state index in [2.05, 4.69) is 45.2 Å². The minimum atomic E-state index is -0.888. The second-order valence-electron chi connectivity index (χ2n) is 15.8. The highest BCUT2D eigenvalue weighted by atomic mass is 35.5. The summed E-state index contributed by atoms with van der Waals surface area (Å²) in [6.07, 6.45) is 27.0. The topological polar surface area (TPSA) is 95.9 Å². The van der Waals surface area contributed by atoms with Crippen molar-refractivity contribution in [3.8, 4) is 5.75 Å². The van der Waals surface area contributed by atoms with E-state index < -0.39 is 23.8 Å². The Kier molecular flexibility index (Phi) is 30.9. The van der Waals surface area contributed by atoms with Crippen molar-refractivity contribution < 1.29 is 28.7 Å². The molecule has 2 N–H and O–H groups in total. The fourth-order valence-electron chi connectivity index (χ4n) is 6.60. The van der Waals surface area contributed by atoms with Crippen LogP contribution in [-0.2, 0) is 9.59 Å². The van der Waals surface area contributed by atoms with E-state index in [1.807, 2.05) is 0 Å². The average Bonchev–Trinajstić information content (AvgIpc) is 3.09. The lowest BCUT2D eigenvalue weighted by Gasteiger charge is -2.29. The van der Waals surface area contributed by atoms with E-state index in [1.54, 1.807) is 24.3 Å². The first-order chi connectivity index (χ1) is 24.6. The lowest BCUT2D eigenvalue weighted by molar-refractivity contribution is -0.870. The number of imide groups is 1. The monoisotopic (exact) mass is 753 g/mol. The molecule has 0 heterocycles. The molecule has 0 unspecified atom stereocenters. The summed E-state index contributed by atoms with van der Waals surface area (Å²) in [5.41, 5.74) is 0.374. The Hall–Kier alpha value is -2.16. The van der Waals surface area contributed by atoms with Crippen molar-refractivity contribution in [1.29, 1.82) is 0 Å². The molecule has 0 spiro atoms. The molecule has 0 aliphatic rings. The van der Waals surface area contributed by atoms with Crippen LogP contribution in [0.25, 0.3) is 0 Å². The molecule has 302 valence electrons. The number of aliphatic carboxylic acids is 1. The van der Waals surface area contributed by atoms with Crippen LogP contribution in [-0.4, -0.2) is 85.7 Å². The fourth-order valence-corrected chi connectivity index (χ4v) is 6.60. The second kappa shape index (κ2) is 32.3. The number of carboxylic acids is 1. The number of carbonyl (C=O) groups excluding carboxylic acids is 2. The van der Waals surface area contributed by atoms with Gasteiger partial charge in [0.1, 0.15) is 11.8 Å². The van der Waals surface area contributed by atoms with E-state index in [-0.39, 0.29) is 25.2 Å². The van der Waals surface area contributed by atoms with E-state index in [1.165, 1.54) is 103 Å². The normalized spacial score (nSPS) is 12.0. The molecule has 0 saturated carbocycles. The highest BCUT2D eigenvalue weighted by Gasteiger charge is 2.26. The first-order valence-corrected chi connectivity index (χ1v) is 20.9. The average molecular weight is 754 g/mol. The summed E-state index contributed by atoms with van der Waals surface area (Å²) in [7, 11) is 6.53. The van der Waals surface area contributed by atoms with Gasteiger partial charge in [0.25, 0.3) is 5.91 Å². The van der Waals surface area contributed by atoms with Crippen molar-refractivity contribution in [2.75, 3.05) is 47.4 Å². The number of quaternary nitrogens is 1. The third-order valence-corrected chi connectivity index (χ3v) is 9.83. The SMILES string of the molecule is CCCCCCCCCCCCN(CCCCCCCCCCCC)[C@@H](CCC(=O)NC(=O)c1ccc(OCCCC[N+](C)(C)C)cc1)C(=O)O.Cl. The third kappa shape index (κ3) is 27.4. The van der Waals surface area contributed by atoms with Crippen molar-refractivity contribution >= 4 is 30.2 Å². The highest BCUT2D eigenvalue weighted by molar-refractivity contribution is 6.04. The van der Waals surface area contributed by atoms with E-state index in [0.717, 1.165) is 62.6 Å². The van der Waals surface area contributed by atoms with E-state index in [0.29, 0.717) is 17.9 Å². The van der Waals surface area contributed by atoms with Crippen LogP contribution in [0.2, 0.25) is 0 Å². The fraction of sp³-hybridized carbons (Fsp3) is 0.791. The maximum atomic E-state index is 12.8. The first kappa shape index (κ1) is 49.8. The van der Waals surface area contributed by atoms with Crippen molar-refractivity contribution in [1.82, 2.24) is 10.2 Å². The van der Waals surface area contributed by atoms with Gasteiger partial charge in [0.05, 0.1) is 34.3 Å². The molecular weight excluding hydrogens is 674 g/mol. The molecule has 1 aromatic carbocycles. The van der Waals surface area contributed by atoms with Crippen LogP contribution in [0.5, 0.6) is 5.75 Å². The number of benzene rings is 1. The Labute approximate surface area is 325 Å². The van der Waals surface area contributed by atoms with E-state index in [4.69, 9.17) is 4.74 Å². The van der Waals surface area contributed by atoms with Crippen molar-refractivity contribution in [3.05, 3.63) is 29.8 Å². The minimum absolute atomic E-state index is 0. The molecule has 52 heavy (non-hydrogen) atoms. The van der Waals surface area contributed by atoms with Crippen molar-refractivity contribution in [3.63, 3.8) is 0 Å². The van der Waals surface area contributed by atoms with Crippen molar-refractivity contribution in [2.24, 2.45) is 0 Å². The molecule has 0 fully saturated rings. The molecular formula is C43H79ClN3O5+. The number of hydrogen-bond acceptors (Lipinski definition) is 5. The van der Waals surface area contributed by atoms with Gasteiger partial charge in [-0.3, -0.25) is 24.6 Å². The number of unbranched alkanes of at least 4 members (excludes halogenated alkanes) is 19. The van der Waals surface area contributed by atoms with Gasteiger partial charge in [-0.2, -0.15) is 0 Å². The molecule has 0 bridgehead atoms. The number of amides is 2. The lowest BCUT2D eigenvalue weighted by Crippen LogP contribution is -2.43. The van der Waals surface area contributed by atoms with E-state index >= 15 is 0 Å². The van der Waals surface area contributed by atoms with Gasteiger partial charge in [0.15, 0.2) is 0 Å². The standard InChI is InChI=1S/C43H77N3O5.ClH/c1-6-8-10-12-14-16-18-20-22-24-34-45(35-25-23-21-19-17-15-13-11-9-7-2)40(43(49)50)32-33-41(47)44-42(48)38-28-30-39(31-29-38)51-37-27-26-36-46(3,4)5;/h28-31,40H,6-27,32-37H2,1-5H3,(H-,44,47,48,49,50);1H/p+1/t40-;/m0./s1. The van der Waals surface area contributed by atoms with Gasteiger partial charge in [0, 0.05) is 12.0 Å². The number of halogens is 1. The third-order valence-electron chi connectivity index (χ3n) is 9.83. The molecule has 1 aromatic rings. The van der Waals surface area contributed by atoms with Crippen LogP contribution < -0.4 is 10.1 Å². The van der Waals surface area contributed by atoms with Crippen LogP contribution >= 0.6 is 12.4 Å². The number of rotatable bonds is 34. The number of nitrogens with zero attached hydrogens (tertiary/aromatic N) is 2. The summed E-state index contributed by atoms with van der Waals surface area (Å²) < 4.78 is 6.74. The molecule has 1 atom stereocenters. The van der Waals surface area contributed by atoms with Crippen LogP contribution in [0.1, 0.15) is 178 Å². The molecule has 2 amide bonds. The molecule has 0 saturated heterocycles. The van der Waals surface area contributed by atoms with Crippen LogP contribution in [0.15, 0.2) is 24.3 Å². The highest BCUT2D eigenvalue weighted by Crippen LogP contribution is 2.17. The van der Waals surface area contributed by atoms with Crippen molar-refractivity contribution in [2.45, 2.75) is 174 Å². The molecule has 1 rings (SSSR count). The smallest absolute Gasteiger partial charge is 0.320 e. The zero-order chi connectivity index (χ0) is 37.6. The number of hydrogen-bond donors (Lipinski definition) is 2. The van der Waals surface area contributed by atoms with Crippen LogP contribution in [0.3, 0.4) is 0 Å². The van der Waals surface area contributed by atoms with E-state index in [9.17, 15) is 19.5 Å². The maximum Gasteiger partial charge on any atom is 0.320 e. The lowest BCUT2D eigenvalue weighted by atomic mass is 10.0. The van der Waals surface area contributed by atoms with Crippen LogP contribution in [0, 0.1) is 0 Å². The number of ether oxygens (including phenoxy) is 1. The first-order valence-electron chi connectivity index (χ1n) is 20.9. The molecule has 0 aliphatic carbocycles. The van der Waals surface area contributed by atoms with Gasteiger partial charge in [-0.25, -0.2) is 0 Å². The zero-order valence-electron chi connectivity index (χ0n) is 34.1. The number of carbonyl (C=O) groups is 3. The van der Waals surface area contributed by atoms with Gasteiger partial charge in [-0.1, -0.05) is 129 Å². The Morgan fingerprint density at radius 1 is 0.673 bits per heavy atom. The van der Waals surface area contributed by atoms with Gasteiger partial charge in [0.2, 0.25) is 5.91 Å². The largest absolute Gasteiger partial charge is 0.494 e. The molecule has 0 aliphatic heterocycles. The van der Waals surface area contributed by atoms with Gasteiger partial charge < -0.3 is 14.3 Å². The molecule has 0 aromatic heterocycles. The Balaban J connectivity index is 0.0000260. The second-order valence-corrected chi connectivity index (χ2v) is 15.8. The predicted molar refractivity (Wildman–Crippen MR) is 220 cm³/mol. The van der Waals surface area contributed by atoms with Gasteiger partial charge in [-0.15, -0.1) is 12.4 Å². The Bertz CT molecular complexity index is 1010. The van der Waals surface area contributed by atoms with Gasteiger partial charge >= 0.3 is 5.97 Å². The summed E-state index contributed by atoms with van der Waals surface area (Å²) >= 11 is 0. The summed E-state index contributed by atoms with van der Waals surface area (Å²) in [5, 5.41) is 12.7. The maximum absolute atomic E-state index is 12.8. The Morgan fingerprint density at radius 3 is 1.54 bits per heavy atom. The molecule has 8 nitrogen and oxygen atoms in total. The van der Waals surface area contributed by atoms with Crippen LogP contribution in [0.4, 0.5) is 0 Å². The summed E-state index contributed by atoms with van der Waals surface area (Å²) in [6, 6.07) is 6.08.